The summed E-state index contributed by atoms with van der Waals surface area (Å²) < 4.78 is 29.0. The molecule has 0 radical (unpaired) electrons. The first kappa shape index (κ1) is 21.8. The first-order valence-corrected chi connectivity index (χ1v) is 10.9. The van der Waals surface area contributed by atoms with E-state index in [1.165, 1.54) is 22.7 Å². The highest BCUT2D eigenvalue weighted by atomic mass is 32.2. The molecule has 27 heavy (non-hydrogen) atoms. The van der Waals surface area contributed by atoms with Gasteiger partial charge in [-0.3, -0.25) is 9.48 Å². The number of amides is 1. The van der Waals surface area contributed by atoms with Gasteiger partial charge in [-0.05, 0) is 31.7 Å². The molecule has 0 N–H and O–H groups in total. The number of hydrogen-bond donors (Lipinski definition) is 0. The summed E-state index contributed by atoms with van der Waals surface area (Å²) >= 11 is 0. The summed E-state index contributed by atoms with van der Waals surface area (Å²) in [5.41, 5.74) is 3.27. The summed E-state index contributed by atoms with van der Waals surface area (Å²) in [5.74, 6) is 0.597. The van der Waals surface area contributed by atoms with Crippen molar-refractivity contribution in [3.8, 4) is 0 Å². The fraction of sp³-hybridized carbons (Fsp3) is 0.778. The second kappa shape index (κ2) is 8.70. The minimum Gasteiger partial charge on any atom is -0.340 e. The van der Waals surface area contributed by atoms with Crippen molar-refractivity contribution in [1.29, 1.82) is 0 Å². The number of carbonyl (C=O) groups excluding carboxylic acids is 1. The van der Waals surface area contributed by atoms with Gasteiger partial charge in [-0.25, -0.2) is 0 Å². The molecule has 154 valence electrons. The average Bonchev–Trinajstić information content (AvgIpc) is 2.85. The van der Waals surface area contributed by atoms with E-state index in [4.69, 9.17) is 0 Å². The maximum absolute atomic E-state index is 12.6. The van der Waals surface area contributed by atoms with Crippen LogP contribution >= 0.6 is 0 Å². The van der Waals surface area contributed by atoms with Crippen molar-refractivity contribution in [3.63, 3.8) is 0 Å². The number of nitrogens with zero attached hydrogens (tertiary/aromatic N) is 5. The van der Waals surface area contributed by atoms with E-state index in [1.54, 1.807) is 4.90 Å². The molecule has 9 heteroatoms. The van der Waals surface area contributed by atoms with Gasteiger partial charge in [0.15, 0.2) is 0 Å². The van der Waals surface area contributed by atoms with E-state index in [2.05, 4.69) is 25.9 Å². The Bertz CT molecular complexity index is 762. The molecule has 0 spiro atoms. The summed E-state index contributed by atoms with van der Waals surface area (Å²) in [5, 5.41) is 4.61. The van der Waals surface area contributed by atoms with Gasteiger partial charge in [0.05, 0.1) is 5.69 Å². The number of piperazine rings is 1. The molecule has 8 nitrogen and oxygen atoms in total. The fourth-order valence-electron chi connectivity index (χ4n) is 3.41. The smallest absolute Gasteiger partial charge is 0.281 e. The Labute approximate surface area is 163 Å². The van der Waals surface area contributed by atoms with Crippen LogP contribution in [0, 0.1) is 19.8 Å². The molecule has 1 aliphatic rings. The van der Waals surface area contributed by atoms with Gasteiger partial charge in [0.2, 0.25) is 5.91 Å². The minimum atomic E-state index is -3.41. The third-order valence-electron chi connectivity index (χ3n) is 5.04. The minimum absolute atomic E-state index is 0.0762. The van der Waals surface area contributed by atoms with E-state index in [0.29, 0.717) is 44.9 Å². The summed E-state index contributed by atoms with van der Waals surface area (Å²) in [4.78, 5) is 14.4. The van der Waals surface area contributed by atoms with Crippen LogP contribution in [-0.4, -0.2) is 77.9 Å². The van der Waals surface area contributed by atoms with Gasteiger partial charge < -0.3 is 4.90 Å². The number of aryl methyl sites for hydroxylation is 1. The van der Waals surface area contributed by atoms with Crippen molar-refractivity contribution in [1.82, 2.24) is 23.3 Å². The first-order chi connectivity index (χ1) is 12.5. The van der Waals surface area contributed by atoms with Gasteiger partial charge in [-0.2, -0.15) is 22.1 Å². The summed E-state index contributed by atoms with van der Waals surface area (Å²) in [6, 6.07) is 0. The number of aromatic nitrogens is 2. The maximum atomic E-state index is 12.6. The van der Waals surface area contributed by atoms with E-state index < -0.39 is 10.2 Å². The molecule has 0 saturated carbocycles. The van der Waals surface area contributed by atoms with Gasteiger partial charge in [-0.15, -0.1) is 0 Å². The molecule has 0 atom stereocenters. The monoisotopic (exact) mass is 399 g/mol. The van der Waals surface area contributed by atoms with Crippen LogP contribution in [-0.2, 0) is 28.0 Å². The van der Waals surface area contributed by atoms with Crippen LogP contribution < -0.4 is 0 Å². The molecule has 1 saturated heterocycles. The van der Waals surface area contributed by atoms with Crippen LogP contribution in [0.1, 0.15) is 37.2 Å². The topological polar surface area (TPSA) is 78.8 Å². The maximum Gasteiger partial charge on any atom is 0.281 e. The molecule has 0 aromatic carbocycles. The Morgan fingerprint density at radius 3 is 2.26 bits per heavy atom. The number of hydrogen-bond acceptors (Lipinski definition) is 4. The van der Waals surface area contributed by atoms with E-state index in [0.717, 1.165) is 23.5 Å². The normalized spacial score (nSPS) is 16.5. The van der Waals surface area contributed by atoms with Gasteiger partial charge in [-0.1, -0.05) is 13.8 Å². The zero-order chi connectivity index (χ0) is 20.4. The summed E-state index contributed by atoms with van der Waals surface area (Å²) in [6.07, 6.45) is 1.10. The van der Waals surface area contributed by atoms with Crippen molar-refractivity contribution in [3.05, 3.63) is 17.0 Å². The highest BCUT2D eigenvalue weighted by molar-refractivity contribution is 7.86. The predicted octanol–water partition coefficient (Wildman–Crippen LogP) is 1.04. The van der Waals surface area contributed by atoms with Crippen LogP contribution in [0.4, 0.5) is 0 Å². The van der Waals surface area contributed by atoms with Gasteiger partial charge in [0, 0.05) is 58.9 Å². The van der Waals surface area contributed by atoms with E-state index in [1.807, 2.05) is 11.6 Å². The molecule has 1 aliphatic heterocycles. The second-order valence-electron chi connectivity index (χ2n) is 7.80. The van der Waals surface area contributed by atoms with E-state index >= 15 is 0 Å². The summed E-state index contributed by atoms with van der Waals surface area (Å²) in [7, 11) is -0.356. The van der Waals surface area contributed by atoms with Crippen LogP contribution in [0.25, 0.3) is 0 Å². The molecule has 2 rings (SSSR count). The first-order valence-electron chi connectivity index (χ1n) is 9.52. The Kier molecular flexibility index (Phi) is 7.04. The molecular weight excluding hydrogens is 366 g/mol. The third kappa shape index (κ3) is 5.08. The number of carbonyl (C=O) groups is 1. The second-order valence-corrected chi connectivity index (χ2v) is 9.94. The molecule has 1 aromatic rings. The van der Waals surface area contributed by atoms with Crippen molar-refractivity contribution in [2.75, 3.05) is 40.3 Å². The predicted molar refractivity (Wildman–Crippen MR) is 106 cm³/mol. The van der Waals surface area contributed by atoms with Crippen LogP contribution in [0.2, 0.25) is 0 Å². The molecule has 0 unspecified atom stereocenters. The lowest BCUT2D eigenvalue weighted by Gasteiger charge is -2.35. The molecule has 2 heterocycles. The van der Waals surface area contributed by atoms with Crippen molar-refractivity contribution in [2.24, 2.45) is 5.92 Å². The molecule has 1 amide bonds. The Hall–Kier alpha value is -1.45. The lowest BCUT2D eigenvalue weighted by molar-refractivity contribution is -0.132. The molecular formula is C18H33N5O3S. The standard InChI is InChI=1S/C18H33N5O3S/c1-14(2)13-23-16(4)17(15(3)19-23)7-8-18(24)21-9-11-22(12-10-21)27(25,26)20(5)6/h14H,7-13H2,1-6H3. The van der Waals surface area contributed by atoms with Crippen LogP contribution in [0.3, 0.4) is 0 Å². The molecule has 0 bridgehead atoms. The highest BCUT2D eigenvalue weighted by Crippen LogP contribution is 2.18. The molecule has 1 aromatic heterocycles. The van der Waals surface area contributed by atoms with Crippen molar-refractivity contribution >= 4 is 16.1 Å². The van der Waals surface area contributed by atoms with Crippen LogP contribution in [0.5, 0.6) is 0 Å². The van der Waals surface area contributed by atoms with Gasteiger partial charge in [0.1, 0.15) is 0 Å². The quantitative estimate of drug-likeness (QED) is 0.686. The Balaban J connectivity index is 1.92. The lowest BCUT2D eigenvalue weighted by atomic mass is 10.1. The van der Waals surface area contributed by atoms with Crippen molar-refractivity contribution in [2.45, 2.75) is 47.1 Å². The zero-order valence-electron chi connectivity index (χ0n) is 17.4. The van der Waals surface area contributed by atoms with Gasteiger partial charge >= 0.3 is 0 Å². The van der Waals surface area contributed by atoms with Crippen LogP contribution in [0.15, 0.2) is 0 Å². The molecule has 0 aliphatic carbocycles. The third-order valence-corrected chi connectivity index (χ3v) is 6.98. The Morgan fingerprint density at radius 2 is 1.74 bits per heavy atom. The largest absolute Gasteiger partial charge is 0.340 e. The number of rotatable bonds is 7. The average molecular weight is 400 g/mol. The molecule has 1 fully saturated rings. The Morgan fingerprint density at radius 1 is 1.15 bits per heavy atom. The lowest BCUT2D eigenvalue weighted by Crippen LogP contribution is -2.53. The fourth-order valence-corrected chi connectivity index (χ4v) is 4.50. The van der Waals surface area contributed by atoms with E-state index in [9.17, 15) is 13.2 Å². The summed E-state index contributed by atoms with van der Waals surface area (Å²) in [6.45, 7) is 10.8. The van der Waals surface area contributed by atoms with Crippen molar-refractivity contribution < 1.29 is 13.2 Å². The zero-order valence-corrected chi connectivity index (χ0v) is 18.2. The van der Waals surface area contributed by atoms with Gasteiger partial charge in [0.25, 0.3) is 10.2 Å². The highest BCUT2D eigenvalue weighted by Gasteiger charge is 2.30. The SMILES string of the molecule is Cc1nn(CC(C)C)c(C)c1CCC(=O)N1CCN(S(=O)(=O)N(C)C)CC1. The van der Waals surface area contributed by atoms with E-state index in [-0.39, 0.29) is 5.91 Å².